The number of benzene rings is 1. The van der Waals surface area contributed by atoms with Gasteiger partial charge in [0.15, 0.2) is 0 Å². The Hall–Kier alpha value is -2.73. The van der Waals surface area contributed by atoms with Crippen molar-refractivity contribution in [3.05, 3.63) is 60.0 Å². The minimum atomic E-state index is 0.438. The number of piperidine rings is 1. The first kappa shape index (κ1) is 21.1. The molecule has 2 fully saturated rings. The predicted octanol–water partition coefficient (Wildman–Crippen LogP) is 4.46. The van der Waals surface area contributed by atoms with Gasteiger partial charge in [-0.05, 0) is 49.8 Å². The zero-order valence-electron chi connectivity index (χ0n) is 19.3. The van der Waals surface area contributed by atoms with E-state index in [1.165, 1.54) is 49.0 Å². The fraction of sp³-hybridized carbons (Fsp3) is 0.500. The van der Waals surface area contributed by atoms with E-state index in [9.17, 15) is 0 Å². The highest BCUT2D eigenvalue weighted by Crippen LogP contribution is 2.34. The van der Waals surface area contributed by atoms with Gasteiger partial charge in [-0.15, -0.1) is 0 Å². The monoisotopic (exact) mass is 430 g/mol. The number of aryl methyl sites for hydroxylation is 1. The summed E-state index contributed by atoms with van der Waals surface area (Å²) in [6.45, 7) is 7.77. The third-order valence-electron chi connectivity index (χ3n) is 6.96. The maximum absolute atomic E-state index is 4.95. The van der Waals surface area contributed by atoms with Crippen LogP contribution in [0.4, 0.5) is 5.95 Å². The smallest absolute Gasteiger partial charge is 0.225 e. The second-order valence-corrected chi connectivity index (χ2v) is 9.45. The Morgan fingerprint density at radius 1 is 1.03 bits per heavy atom. The summed E-state index contributed by atoms with van der Waals surface area (Å²) in [4.78, 5) is 14.4. The molecule has 6 nitrogen and oxygen atoms in total. The molecule has 0 bridgehead atoms. The number of anilines is 1. The summed E-state index contributed by atoms with van der Waals surface area (Å²) >= 11 is 0. The molecule has 2 aromatic heterocycles. The molecular weight excluding hydrogens is 396 g/mol. The van der Waals surface area contributed by atoms with E-state index >= 15 is 0 Å². The van der Waals surface area contributed by atoms with Gasteiger partial charge >= 0.3 is 0 Å². The van der Waals surface area contributed by atoms with Gasteiger partial charge in [-0.25, -0.2) is 9.97 Å². The van der Waals surface area contributed by atoms with E-state index in [2.05, 4.69) is 58.2 Å². The molecule has 2 atom stereocenters. The fourth-order valence-electron chi connectivity index (χ4n) is 5.29. The molecule has 0 amide bonds. The van der Waals surface area contributed by atoms with Gasteiger partial charge < -0.3 is 9.80 Å². The molecule has 2 aliphatic rings. The van der Waals surface area contributed by atoms with E-state index in [4.69, 9.17) is 10.1 Å². The number of nitrogens with zero attached hydrogens (tertiary/aromatic N) is 6. The second kappa shape index (κ2) is 9.41. The Labute approximate surface area is 191 Å². The Balaban J connectivity index is 1.35. The molecule has 6 heteroatoms. The Morgan fingerprint density at radius 2 is 1.84 bits per heavy atom. The van der Waals surface area contributed by atoms with E-state index in [1.54, 1.807) is 0 Å². The van der Waals surface area contributed by atoms with Crippen LogP contribution in [0.3, 0.4) is 0 Å². The van der Waals surface area contributed by atoms with Crippen LogP contribution >= 0.6 is 0 Å². The SMILES string of the molecule is C[C@@H](CN1CCC[C@@H](c2nn(C)cc2-c2ccnc(N3CCCC3)n2)C1)c1ccccc1. The first-order valence-corrected chi connectivity index (χ1v) is 12.1. The first-order valence-electron chi connectivity index (χ1n) is 12.1. The average molecular weight is 431 g/mol. The molecule has 4 heterocycles. The van der Waals surface area contributed by atoms with Gasteiger partial charge in [-0.1, -0.05) is 37.3 Å². The third-order valence-corrected chi connectivity index (χ3v) is 6.96. The molecule has 1 aromatic carbocycles. The van der Waals surface area contributed by atoms with E-state index in [-0.39, 0.29) is 0 Å². The maximum atomic E-state index is 4.95. The van der Waals surface area contributed by atoms with Crippen molar-refractivity contribution in [2.75, 3.05) is 37.6 Å². The molecule has 2 aliphatic heterocycles. The molecule has 168 valence electrons. The number of hydrogen-bond donors (Lipinski definition) is 0. The molecule has 5 rings (SSSR count). The molecule has 2 saturated heterocycles. The number of aromatic nitrogens is 4. The summed E-state index contributed by atoms with van der Waals surface area (Å²) in [6, 6.07) is 12.9. The lowest BCUT2D eigenvalue weighted by molar-refractivity contribution is 0.197. The van der Waals surface area contributed by atoms with E-state index in [1.807, 2.05) is 24.0 Å². The molecule has 0 unspecified atom stereocenters. The minimum absolute atomic E-state index is 0.438. The van der Waals surface area contributed by atoms with Gasteiger partial charge in [0.1, 0.15) is 0 Å². The molecular formula is C26H34N6. The zero-order chi connectivity index (χ0) is 21.9. The quantitative estimate of drug-likeness (QED) is 0.578. The van der Waals surface area contributed by atoms with E-state index in [0.717, 1.165) is 37.8 Å². The van der Waals surface area contributed by atoms with Crippen LogP contribution in [0.5, 0.6) is 0 Å². The summed E-state index contributed by atoms with van der Waals surface area (Å²) in [5.41, 5.74) is 4.78. The van der Waals surface area contributed by atoms with Crippen LogP contribution in [0.25, 0.3) is 11.3 Å². The van der Waals surface area contributed by atoms with Crippen molar-refractivity contribution < 1.29 is 0 Å². The van der Waals surface area contributed by atoms with Crippen molar-refractivity contribution >= 4 is 5.95 Å². The van der Waals surface area contributed by atoms with Crippen LogP contribution in [-0.4, -0.2) is 57.4 Å². The fourth-order valence-corrected chi connectivity index (χ4v) is 5.29. The number of hydrogen-bond acceptors (Lipinski definition) is 5. The van der Waals surface area contributed by atoms with Gasteiger partial charge in [-0.2, -0.15) is 5.10 Å². The third kappa shape index (κ3) is 4.56. The van der Waals surface area contributed by atoms with Crippen LogP contribution in [0.2, 0.25) is 0 Å². The zero-order valence-corrected chi connectivity index (χ0v) is 19.3. The van der Waals surface area contributed by atoms with Crippen LogP contribution in [0, 0.1) is 0 Å². The van der Waals surface area contributed by atoms with Gasteiger partial charge in [0.25, 0.3) is 0 Å². The highest BCUT2D eigenvalue weighted by molar-refractivity contribution is 5.63. The highest BCUT2D eigenvalue weighted by atomic mass is 15.3. The van der Waals surface area contributed by atoms with Crippen LogP contribution in [0.15, 0.2) is 48.8 Å². The van der Waals surface area contributed by atoms with Crippen molar-refractivity contribution in [1.82, 2.24) is 24.6 Å². The standard InChI is InChI=1S/C26H34N6/c1-20(21-9-4-3-5-10-21)17-31-14-8-11-22(18-31)25-23(19-30(2)29-25)24-12-13-27-26(28-24)32-15-6-7-16-32/h3-5,9-10,12-13,19-20,22H,6-8,11,14-18H2,1-2H3/t20-,22+/m0/s1. The van der Waals surface area contributed by atoms with Crippen molar-refractivity contribution in [2.24, 2.45) is 7.05 Å². The summed E-state index contributed by atoms with van der Waals surface area (Å²) < 4.78 is 1.95. The Bertz CT molecular complexity index is 1020. The highest BCUT2D eigenvalue weighted by Gasteiger charge is 2.28. The summed E-state index contributed by atoms with van der Waals surface area (Å²) in [5, 5.41) is 4.93. The average Bonchev–Trinajstić information content (AvgIpc) is 3.50. The van der Waals surface area contributed by atoms with Gasteiger partial charge in [-0.3, -0.25) is 4.68 Å². The van der Waals surface area contributed by atoms with Crippen molar-refractivity contribution in [3.8, 4) is 11.3 Å². The van der Waals surface area contributed by atoms with Crippen LogP contribution in [-0.2, 0) is 7.05 Å². The number of rotatable bonds is 6. The molecule has 0 N–H and O–H groups in total. The van der Waals surface area contributed by atoms with Gasteiger partial charge in [0.05, 0.1) is 11.4 Å². The topological polar surface area (TPSA) is 50.1 Å². The molecule has 0 spiro atoms. The van der Waals surface area contributed by atoms with E-state index < -0.39 is 0 Å². The lowest BCUT2D eigenvalue weighted by Gasteiger charge is -2.34. The largest absolute Gasteiger partial charge is 0.341 e. The van der Waals surface area contributed by atoms with Crippen molar-refractivity contribution in [2.45, 2.75) is 44.4 Å². The van der Waals surface area contributed by atoms with E-state index in [0.29, 0.717) is 11.8 Å². The lowest BCUT2D eigenvalue weighted by atomic mass is 9.90. The predicted molar refractivity (Wildman–Crippen MR) is 129 cm³/mol. The van der Waals surface area contributed by atoms with Crippen LogP contribution in [0.1, 0.15) is 55.7 Å². The lowest BCUT2D eigenvalue weighted by Crippen LogP contribution is -2.37. The Kier molecular flexibility index (Phi) is 6.21. The second-order valence-electron chi connectivity index (χ2n) is 9.45. The molecule has 32 heavy (non-hydrogen) atoms. The maximum Gasteiger partial charge on any atom is 0.225 e. The molecule has 0 radical (unpaired) electrons. The summed E-state index contributed by atoms with van der Waals surface area (Å²) in [5.74, 6) is 1.83. The molecule has 3 aromatic rings. The molecule has 0 saturated carbocycles. The van der Waals surface area contributed by atoms with Gasteiger partial charge in [0, 0.05) is 57.1 Å². The van der Waals surface area contributed by atoms with Crippen molar-refractivity contribution in [3.63, 3.8) is 0 Å². The van der Waals surface area contributed by atoms with Crippen LogP contribution < -0.4 is 4.90 Å². The molecule has 0 aliphatic carbocycles. The Morgan fingerprint density at radius 3 is 2.66 bits per heavy atom. The van der Waals surface area contributed by atoms with Crippen molar-refractivity contribution in [1.29, 1.82) is 0 Å². The normalized spacial score (nSPS) is 20.6. The summed E-state index contributed by atoms with van der Waals surface area (Å²) in [6.07, 6.45) is 8.89. The minimum Gasteiger partial charge on any atom is -0.341 e. The number of likely N-dealkylation sites (tertiary alicyclic amines) is 1. The summed E-state index contributed by atoms with van der Waals surface area (Å²) in [7, 11) is 2.02. The van der Waals surface area contributed by atoms with Gasteiger partial charge in [0.2, 0.25) is 5.95 Å². The first-order chi connectivity index (χ1) is 15.7.